The van der Waals surface area contributed by atoms with E-state index in [0.29, 0.717) is 12.0 Å². The smallest absolute Gasteiger partial charge is 0.0649 e. The van der Waals surface area contributed by atoms with Crippen molar-refractivity contribution in [1.82, 2.24) is 0 Å². The number of rotatable bonds is 0. The normalized spacial score (nSPS) is 23.5. The highest BCUT2D eigenvalue weighted by atomic mass is 15.2. The van der Waals surface area contributed by atoms with E-state index in [9.17, 15) is 0 Å². The number of benzene rings is 2. The number of hydrogen-bond donors (Lipinski definition) is 0. The first kappa shape index (κ1) is 9.95. The Morgan fingerprint density at radius 2 is 1.61 bits per heavy atom. The molecule has 0 fully saturated rings. The van der Waals surface area contributed by atoms with Gasteiger partial charge in [0.15, 0.2) is 0 Å². The Labute approximate surface area is 107 Å². The quantitative estimate of drug-likeness (QED) is 0.665. The summed E-state index contributed by atoms with van der Waals surface area (Å²) in [7, 11) is 2.21. The first-order valence-corrected chi connectivity index (χ1v) is 6.45. The SMILES string of the molecule is CN1c2ccccc2[C@H]2C=Cc3ccccc3[C@H]21. The topological polar surface area (TPSA) is 3.24 Å². The Bertz CT molecular complexity index is 642. The van der Waals surface area contributed by atoms with E-state index in [2.05, 4.69) is 72.6 Å². The molecule has 18 heavy (non-hydrogen) atoms. The van der Waals surface area contributed by atoms with Gasteiger partial charge in [-0.15, -0.1) is 0 Å². The fraction of sp³-hybridized carbons (Fsp3) is 0.176. The van der Waals surface area contributed by atoms with Crippen molar-refractivity contribution in [2.75, 3.05) is 11.9 Å². The minimum atomic E-state index is 0.462. The second kappa shape index (κ2) is 3.49. The van der Waals surface area contributed by atoms with Crippen molar-refractivity contribution in [2.45, 2.75) is 12.0 Å². The third-order valence-corrected chi connectivity index (χ3v) is 4.23. The van der Waals surface area contributed by atoms with Crippen LogP contribution in [0.4, 0.5) is 5.69 Å². The summed E-state index contributed by atoms with van der Waals surface area (Å²) in [6.45, 7) is 0. The molecular weight excluding hydrogens is 218 g/mol. The summed E-state index contributed by atoms with van der Waals surface area (Å²) >= 11 is 0. The predicted octanol–water partition coefficient (Wildman–Crippen LogP) is 3.99. The third-order valence-electron chi connectivity index (χ3n) is 4.23. The molecule has 4 rings (SSSR count). The van der Waals surface area contributed by atoms with E-state index in [1.807, 2.05) is 0 Å². The van der Waals surface area contributed by atoms with Gasteiger partial charge in [-0.1, -0.05) is 54.6 Å². The lowest BCUT2D eigenvalue weighted by Crippen LogP contribution is -2.23. The molecule has 1 heterocycles. The summed E-state index contributed by atoms with van der Waals surface area (Å²) < 4.78 is 0. The monoisotopic (exact) mass is 233 g/mol. The van der Waals surface area contributed by atoms with Gasteiger partial charge < -0.3 is 4.90 Å². The van der Waals surface area contributed by atoms with E-state index < -0.39 is 0 Å². The summed E-state index contributed by atoms with van der Waals surface area (Å²) in [5.74, 6) is 0.501. The van der Waals surface area contributed by atoms with E-state index in [0.717, 1.165) is 0 Å². The lowest BCUT2D eigenvalue weighted by Gasteiger charge is -2.30. The zero-order valence-electron chi connectivity index (χ0n) is 10.4. The lowest BCUT2D eigenvalue weighted by molar-refractivity contribution is 0.647. The molecule has 0 amide bonds. The number of nitrogens with zero attached hydrogens (tertiary/aromatic N) is 1. The Balaban J connectivity index is 1.94. The Morgan fingerprint density at radius 1 is 0.889 bits per heavy atom. The summed E-state index contributed by atoms with van der Waals surface area (Å²) in [6, 6.07) is 17.9. The number of fused-ring (bicyclic) bond motifs is 5. The molecule has 0 saturated heterocycles. The standard InChI is InChI=1S/C17H15N/c1-18-16-9-5-4-8-14(16)15-11-10-12-6-2-3-7-13(12)17(15)18/h2-11,15,17H,1H3/t15-,17-/m1/s1. The highest BCUT2D eigenvalue weighted by molar-refractivity contribution is 5.71. The van der Waals surface area contributed by atoms with E-state index in [4.69, 9.17) is 0 Å². The molecule has 2 aliphatic rings. The van der Waals surface area contributed by atoms with E-state index >= 15 is 0 Å². The Kier molecular flexibility index (Phi) is 1.93. The molecule has 0 unspecified atom stereocenters. The maximum absolute atomic E-state index is 2.42. The average Bonchev–Trinajstić information content (AvgIpc) is 2.73. The van der Waals surface area contributed by atoms with Gasteiger partial charge >= 0.3 is 0 Å². The predicted molar refractivity (Wildman–Crippen MR) is 75.8 cm³/mol. The summed E-state index contributed by atoms with van der Waals surface area (Å²) in [6.07, 6.45) is 4.63. The van der Waals surface area contributed by atoms with Crippen LogP contribution in [0.5, 0.6) is 0 Å². The molecule has 1 heteroatoms. The van der Waals surface area contributed by atoms with Crippen molar-refractivity contribution in [2.24, 2.45) is 0 Å². The fourth-order valence-electron chi connectivity index (χ4n) is 3.40. The second-order valence-electron chi connectivity index (χ2n) is 5.13. The van der Waals surface area contributed by atoms with E-state index in [-0.39, 0.29) is 0 Å². The molecule has 0 bridgehead atoms. The highest BCUT2D eigenvalue weighted by Crippen LogP contribution is 2.51. The minimum absolute atomic E-state index is 0.462. The molecule has 2 atom stereocenters. The van der Waals surface area contributed by atoms with Crippen molar-refractivity contribution in [3.63, 3.8) is 0 Å². The van der Waals surface area contributed by atoms with Crippen LogP contribution in [-0.2, 0) is 0 Å². The van der Waals surface area contributed by atoms with Crippen molar-refractivity contribution >= 4 is 11.8 Å². The van der Waals surface area contributed by atoms with Gasteiger partial charge in [-0.2, -0.15) is 0 Å². The van der Waals surface area contributed by atoms with Gasteiger partial charge in [-0.05, 0) is 22.8 Å². The van der Waals surface area contributed by atoms with Gasteiger partial charge in [0.05, 0.1) is 6.04 Å². The van der Waals surface area contributed by atoms with Gasteiger partial charge in [-0.25, -0.2) is 0 Å². The van der Waals surface area contributed by atoms with Crippen molar-refractivity contribution in [1.29, 1.82) is 0 Å². The van der Waals surface area contributed by atoms with Crippen LogP contribution < -0.4 is 4.90 Å². The zero-order chi connectivity index (χ0) is 12.1. The number of hydrogen-bond acceptors (Lipinski definition) is 1. The molecule has 0 saturated carbocycles. The maximum Gasteiger partial charge on any atom is 0.0649 e. The van der Waals surface area contributed by atoms with Crippen LogP contribution in [0.1, 0.15) is 28.7 Å². The van der Waals surface area contributed by atoms with Crippen molar-refractivity contribution in [3.8, 4) is 0 Å². The Morgan fingerprint density at radius 3 is 2.50 bits per heavy atom. The molecule has 1 nitrogen and oxygen atoms in total. The van der Waals surface area contributed by atoms with Crippen LogP contribution >= 0.6 is 0 Å². The number of likely N-dealkylation sites (N-methyl/N-ethyl adjacent to an activating group) is 1. The highest BCUT2D eigenvalue weighted by Gasteiger charge is 2.38. The molecule has 0 spiro atoms. The van der Waals surface area contributed by atoms with Gasteiger partial charge in [0, 0.05) is 18.7 Å². The van der Waals surface area contributed by atoms with Crippen LogP contribution in [0.25, 0.3) is 6.08 Å². The van der Waals surface area contributed by atoms with Crippen molar-refractivity contribution in [3.05, 3.63) is 71.3 Å². The summed E-state index contributed by atoms with van der Waals surface area (Å²) in [5, 5.41) is 0. The minimum Gasteiger partial charge on any atom is -0.366 e. The number of anilines is 1. The molecule has 0 radical (unpaired) electrons. The molecule has 0 N–H and O–H groups in total. The van der Waals surface area contributed by atoms with Gasteiger partial charge in [0.25, 0.3) is 0 Å². The third kappa shape index (κ3) is 1.16. The summed E-state index contributed by atoms with van der Waals surface area (Å²) in [5.41, 5.74) is 5.63. The molecule has 0 aromatic heterocycles. The molecule has 2 aromatic rings. The molecular formula is C17H15N. The zero-order valence-corrected chi connectivity index (χ0v) is 10.4. The molecule has 1 aliphatic carbocycles. The first-order chi connectivity index (χ1) is 8.86. The van der Waals surface area contributed by atoms with E-state index in [1.54, 1.807) is 0 Å². The van der Waals surface area contributed by atoms with Gasteiger partial charge in [0.1, 0.15) is 0 Å². The molecule has 88 valence electrons. The number of para-hydroxylation sites is 1. The maximum atomic E-state index is 2.42. The largest absolute Gasteiger partial charge is 0.366 e. The van der Waals surface area contributed by atoms with Crippen LogP contribution in [0.3, 0.4) is 0 Å². The molecule has 2 aromatic carbocycles. The molecule has 1 aliphatic heterocycles. The average molecular weight is 233 g/mol. The van der Waals surface area contributed by atoms with Crippen LogP contribution in [0, 0.1) is 0 Å². The Hall–Kier alpha value is -2.02. The van der Waals surface area contributed by atoms with Crippen LogP contribution in [-0.4, -0.2) is 7.05 Å². The van der Waals surface area contributed by atoms with Crippen LogP contribution in [0.2, 0.25) is 0 Å². The van der Waals surface area contributed by atoms with Gasteiger partial charge in [-0.3, -0.25) is 0 Å². The summed E-state index contributed by atoms with van der Waals surface area (Å²) in [4.78, 5) is 2.42. The second-order valence-corrected chi connectivity index (χ2v) is 5.13. The first-order valence-electron chi connectivity index (χ1n) is 6.45. The van der Waals surface area contributed by atoms with Gasteiger partial charge in [0.2, 0.25) is 0 Å². The van der Waals surface area contributed by atoms with E-state index in [1.165, 1.54) is 22.4 Å². The van der Waals surface area contributed by atoms with Crippen molar-refractivity contribution < 1.29 is 0 Å². The lowest BCUT2D eigenvalue weighted by atomic mass is 9.83. The van der Waals surface area contributed by atoms with Crippen LogP contribution in [0.15, 0.2) is 54.6 Å². The fourth-order valence-corrected chi connectivity index (χ4v) is 3.40.